The van der Waals surface area contributed by atoms with Gasteiger partial charge in [0, 0.05) is 35.0 Å². The van der Waals surface area contributed by atoms with E-state index in [4.69, 9.17) is 11.6 Å². The van der Waals surface area contributed by atoms with E-state index in [0.29, 0.717) is 0 Å². The van der Waals surface area contributed by atoms with E-state index >= 15 is 0 Å². The van der Waals surface area contributed by atoms with Gasteiger partial charge in [-0.2, -0.15) is 0 Å². The predicted octanol–water partition coefficient (Wildman–Crippen LogP) is 4.05. The van der Waals surface area contributed by atoms with Crippen LogP contribution in [-0.4, -0.2) is 16.6 Å². The maximum atomic E-state index is 6.22. The monoisotopic (exact) mass is 403 g/mol. The van der Waals surface area contributed by atoms with Crippen LogP contribution in [0.2, 0.25) is 5.02 Å². The highest BCUT2D eigenvalue weighted by Crippen LogP contribution is 2.25. The van der Waals surface area contributed by atoms with Crippen molar-refractivity contribution in [3.05, 3.63) is 50.6 Å². The van der Waals surface area contributed by atoms with Crippen LogP contribution in [0.5, 0.6) is 0 Å². The second-order valence-electron chi connectivity index (χ2n) is 4.76. The van der Waals surface area contributed by atoms with Crippen LogP contribution >= 0.6 is 34.2 Å². The van der Waals surface area contributed by atoms with E-state index in [2.05, 4.69) is 56.5 Å². The van der Waals surface area contributed by atoms with Crippen molar-refractivity contribution in [2.75, 3.05) is 7.05 Å². The molecule has 2 rings (SSSR count). The third-order valence-electron chi connectivity index (χ3n) is 3.35. The van der Waals surface area contributed by atoms with Crippen molar-refractivity contribution in [1.29, 1.82) is 0 Å². The molecule has 1 aromatic carbocycles. The van der Waals surface area contributed by atoms with E-state index < -0.39 is 0 Å². The lowest BCUT2D eigenvalue weighted by atomic mass is 10.0. The van der Waals surface area contributed by atoms with Crippen LogP contribution < -0.4 is 5.32 Å². The molecule has 0 spiro atoms. The van der Waals surface area contributed by atoms with Crippen molar-refractivity contribution in [2.45, 2.75) is 32.4 Å². The fourth-order valence-electron chi connectivity index (χ4n) is 2.27. The van der Waals surface area contributed by atoms with E-state index in [1.165, 1.54) is 5.56 Å². The number of halogens is 2. The quantitative estimate of drug-likeness (QED) is 0.737. The van der Waals surface area contributed by atoms with Gasteiger partial charge in [-0.15, -0.1) is 0 Å². The van der Waals surface area contributed by atoms with Crippen LogP contribution in [0.3, 0.4) is 0 Å². The Labute approximate surface area is 138 Å². The average Bonchev–Trinajstić information content (AvgIpc) is 2.87. The molecule has 0 bridgehead atoms. The molecule has 2 aromatic rings. The summed E-state index contributed by atoms with van der Waals surface area (Å²) >= 11 is 8.47. The Balaban J connectivity index is 2.19. The molecular weight excluding hydrogens is 385 g/mol. The summed E-state index contributed by atoms with van der Waals surface area (Å²) in [6.45, 7) is 3.19. The summed E-state index contributed by atoms with van der Waals surface area (Å²) in [4.78, 5) is 4.48. The standard InChI is InChI=1S/C15H19ClIN3/c1-3-7-20-8-6-19-15(20)10-14(18-2)11-4-5-13(17)12(16)9-11/h4-6,8-9,14,18H,3,7,10H2,1-2H3. The van der Waals surface area contributed by atoms with Crippen LogP contribution in [0.1, 0.15) is 30.8 Å². The molecule has 0 aliphatic rings. The lowest BCUT2D eigenvalue weighted by molar-refractivity contribution is 0.543. The highest BCUT2D eigenvalue weighted by atomic mass is 127. The maximum Gasteiger partial charge on any atom is 0.110 e. The molecule has 0 amide bonds. The molecule has 0 saturated carbocycles. The van der Waals surface area contributed by atoms with Crippen LogP contribution in [0.15, 0.2) is 30.6 Å². The SMILES string of the molecule is CCCn1ccnc1CC(NC)c1ccc(I)c(Cl)c1. The van der Waals surface area contributed by atoms with Gasteiger partial charge in [0.2, 0.25) is 0 Å². The highest BCUT2D eigenvalue weighted by molar-refractivity contribution is 14.1. The lowest BCUT2D eigenvalue weighted by Gasteiger charge is -2.18. The van der Waals surface area contributed by atoms with E-state index in [0.717, 1.165) is 33.8 Å². The molecule has 3 nitrogen and oxygen atoms in total. The van der Waals surface area contributed by atoms with E-state index in [-0.39, 0.29) is 6.04 Å². The van der Waals surface area contributed by atoms with Gasteiger partial charge in [-0.05, 0) is 53.8 Å². The molecule has 1 heterocycles. The maximum absolute atomic E-state index is 6.22. The average molecular weight is 404 g/mol. The fourth-order valence-corrected chi connectivity index (χ4v) is 2.80. The Bertz CT molecular complexity index is 568. The molecule has 0 saturated heterocycles. The highest BCUT2D eigenvalue weighted by Gasteiger charge is 2.14. The van der Waals surface area contributed by atoms with Gasteiger partial charge in [-0.25, -0.2) is 4.98 Å². The Hall–Kier alpha value is -0.590. The number of hydrogen-bond donors (Lipinski definition) is 1. The molecule has 1 unspecified atom stereocenters. The Morgan fingerprint density at radius 3 is 2.90 bits per heavy atom. The van der Waals surface area contributed by atoms with E-state index in [9.17, 15) is 0 Å². The van der Waals surface area contributed by atoms with Crippen LogP contribution in [0.4, 0.5) is 0 Å². The first-order valence-corrected chi connectivity index (χ1v) is 8.23. The zero-order chi connectivity index (χ0) is 14.5. The van der Waals surface area contributed by atoms with Gasteiger partial charge in [0.05, 0.1) is 5.02 Å². The van der Waals surface area contributed by atoms with Crippen molar-refractivity contribution in [1.82, 2.24) is 14.9 Å². The van der Waals surface area contributed by atoms with Crippen LogP contribution in [-0.2, 0) is 13.0 Å². The Morgan fingerprint density at radius 1 is 1.45 bits per heavy atom. The summed E-state index contributed by atoms with van der Waals surface area (Å²) in [5, 5.41) is 4.16. The summed E-state index contributed by atoms with van der Waals surface area (Å²) < 4.78 is 3.30. The Kier molecular flexibility index (Phi) is 5.86. The number of aryl methyl sites for hydroxylation is 1. The second kappa shape index (κ2) is 7.43. The number of hydrogen-bond acceptors (Lipinski definition) is 2. The number of nitrogens with zero attached hydrogens (tertiary/aromatic N) is 2. The van der Waals surface area contributed by atoms with Gasteiger partial charge < -0.3 is 9.88 Å². The van der Waals surface area contributed by atoms with Gasteiger partial charge in [-0.3, -0.25) is 0 Å². The lowest BCUT2D eigenvalue weighted by Crippen LogP contribution is -2.21. The molecule has 1 N–H and O–H groups in total. The first kappa shape index (κ1) is 15.8. The molecule has 0 radical (unpaired) electrons. The number of imidazole rings is 1. The molecule has 1 atom stereocenters. The zero-order valence-electron chi connectivity index (χ0n) is 11.7. The molecule has 20 heavy (non-hydrogen) atoms. The molecule has 108 valence electrons. The van der Waals surface area contributed by atoms with Crippen molar-refractivity contribution < 1.29 is 0 Å². The molecule has 5 heteroatoms. The minimum atomic E-state index is 0.225. The number of aromatic nitrogens is 2. The van der Waals surface area contributed by atoms with Crippen molar-refractivity contribution in [3.8, 4) is 0 Å². The third kappa shape index (κ3) is 3.74. The molecular formula is C15H19ClIN3. The first-order valence-electron chi connectivity index (χ1n) is 6.78. The van der Waals surface area contributed by atoms with Gasteiger partial charge in [0.15, 0.2) is 0 Å². The number of nitrogens with one attached hydrogen (secondary N) is 1. The summed E-state index contributed by atoms with van der Waals surface area (Å²) in [6, 6.07) is 6.45. The van der Waals surface area contributed by atoms with Crippen molar-refractivity contribution >= 4 is 34.2 Å². The first-order chi connectivity index (χ1) is 9.65. The van der Waals surface area contributed by atoms with Crippen molar-refractivity contribution in [3.63, 3.8) is 0 Å². The van der Waals surface area contributed by atoms with Crippen LogP contribution in [0.25, 0.3) is 0 Å². The van der Waals surface area contributed by atoms with Gasteiger partial charge in [-0.1, -0.05) is 24.6 Å². The van der Waals surface area contributed by atoms with Gasteiger partial charge >= 0.3 is 0 Å². The van der Waals surface area contributed by atoms with E-state index in [1.807, 2.05) is 25.5 Å². The van der Waals surface area contributed by atoms with Gasteiger partial charge in [0.1, 0.15) is 5.82 Å². The van der Waals surface area contributed by atoms with Gasteiger partial charge in [0.25, 0.3) is 0 Å². The summed E-state index contributed by atoms with van der Waals surface area (Å²) in [6.07, 6.45) is 5.90. The molecule has 1 aromatic heterocycles. The summed E-state index contributed by atoms with van der Waals surface area (Å²) in [5.41, 5.74) is 1.20. The summed E-state index contributed by atoms with van der Waals surface area (Å²) in [5.74, 6) is 1.11. The number of rotatable bonds is 6. The minimum Gasteiger partial charge on any atom is -0.335 e. The smallest absolute Gasteiger partial charge is 0.110 e. The normalized spacial score (nSPS) is 12.6. The largest absolute Gasteiger partial charge is 0.335 e. The van der Waals surface area contributed by atoms with Crippen molar-refractivity contribution in [2.24, 2.45) is 0 Å². The molecule has 0 fully saturated rings. The molecule has 0 aliphatic carbocycles. The zero-order valence-corrected chi connectivity index (χ0v) is 14.6. The predicted molar refractivity (Wildman–Crippen MR) is 92.2 cm³/mol. The van der Waals surface area contributed by atoms with E-state index in [1.54, 1.807) is 0 Å². The second-order valence-corrected chi connectivity index (χ2v) is 6.33. The van der Waals surface area contributed by atoms with Crippen LogP contribution in [0, 0.1) is 3.57 Å². The Morgan fingerprint density at radius 2 is 2.25 bits per heavy atom. The minimum absolute atomic E-state index is 0.225. The molecule has 0 aliphatic heterocycles. The third-order valence-corrected chi connectivity index (χ3v) is 4.92. The fraction of sp³-hybridized carbons (Fsp3) is 0.400. The number of likely N-dealkylation sites (N-methyl/N-ethyl adjacent to an activating group) is 1. The number of benzene rings is 1. The topological polar surface area (TPSA) is 29.9 Å². The summed E-state index contributed by atoms with van der Waals surface area (Å²) in [7, 11) is 1.98.